The lowest BCUT2D eigenvalue weighted by Gasteiger charge is -2.26. The van der Waals surface area contributed by atoms with Crippen LogP contribution >= 0.6 is 11.6 Å². The molecule has 1 rings (SSSR count). The predicted octanol–water partition coefficient (Wildman–Crippen LogP) is 2.02. The molecule has 23 heavy (non-hydrogen) atoms. The average molecular weight is 344 g/mol. The van der Waals surface area contributed by atoms with Crippen molar-refractivity contribution in [3.05, 3.63) is 33.2 Å². The Labute approximate surface area is 140 Å². The molecule has 2 amide bonds. The molecule has 0 aliphatic rings. The number of likely N-dealkylation sites (N-methyl/N-ethyl adjacent to an activating group) is 1. The van der Waals surface area contributed by atoms with Gasteiger partial charge >= 0.3 is 6.09 Å². The Morgan fingerprint density at radius 1 is 1.39 bits per heavy atom. The van der Waals surface area contributed by atoms with Crippen LogP contribution in [0, 0.1) is 0 Å². The van der Waals surface area contributed by atoms with Crippen LogP contribution in [0.25, 0.3) is 0 Å². The van der Waals surface area contributed by atoms with E-state index < -0.39 is 17.3 Å². The van der Waals surface area contributed by atoms with Crippen molar-refractivity contribution < 1.29 is 14.3 Å². The van der Waals surface area contributed by atoms with Crippen molar-refractivity contribution in [1.29, 1.82) is 0 Å². The van der Waals surface area contributed by atoms with Gasteiger partial charge in [-0.15, -0.1) is 0 Å². The third-order valence-electron chi connectivity index (χ3n) is 2.82. The van der Waals surface area contributed by atoms with E-state index in [0.29, 0.717) is 13.1 Å². The Kier molecular flexibility index (Phi) is 6.62. The van der Waals surface area contributed by atoms with Crippen LogP contribution in [0.15, 0.2) is 17.1 Å². The molecule has 128 valence electrons. The SMILES string of the molecule is CCN(CCNC(=O)c1c[nH]c(=O)c(Cl)c1)C(=O)OC(C)(C)C. The summed E-state index contributed by atoms with van der Waals surface area (Å²) in [6.45, 7) is 8.24. The van der Waals surface area contributed by atoms with E-state index in [-0.39, 0.29) is 23.0 Å². The Morgan fingerprint density at radius 2 is 2.04 bits per heavy atom. The van der Waals surface area contributed by atoms with E-state index in [2.05, 4.69) is 10.3 Å². The van der Waals surface area contributed by atoms with Crippen LogP contribution in [0.1, 0.15) is 38.1 Å². The topological polar surface area (TPSA) is 91.5 Å². The lowest BCUT2D eigenvalue weighted by molar-refractivity contribution is 0.0261. The first-order valence-electron chi connectivity index (χ1n) is 7.28. The lowest BCUT2D eigenvalue weighted by Crippen LogP contribution is -2.41. The van der Waals surface area contributed by atoms with E-state index in [9.17, 15) is 14.4 Å². The normalized spacial score (nSPS) is 11.0. The Bertz CT molecular complexity index is 622. The molecule has 1 heterocycles. The fourth-order valence-corrected chi connectivity index (χ4v) is 1.87. The molecule has 0 bridgehead atoms. The van der Waals surface area contributed by atoms with Crippen molar-refractivity contribution in [2.45, 2.75) is 33.3 Å². The standard InChI is InChI=1S/C15H22ClN3O4/c1-5-19(14(22)23-15(2,3)4)7-6-17-12(20)10-8-11(16)13(21)18-9-10/h8-9H,5-7H2,1-4H3,(H,17,20)(H,18,21). The molecular weight excluding hydrogens is 322 g/mol. The monoisotopic (exact) mass is 343 g/mol. The number of carbonyl (C=O) groups is 2. The first-order chi connectivity index (χ1) is 10.6. The van der Waals surface area contributed by atoms with E-state index >= 15 is 0 Å². The fourth-order valence-electron chi connectivity index (χ4n) is 1.70. The Morgan fingerprint density at radius 3 is 2.57 bits per heavy atom. The van der Waals surface area contributed by atoms with Gasteiger partial charge in [0.15, 0.2) is 0 Å². The molecule has 1 aromatic rings. The van der Waals surface area contributed by atoms with Crippen molar-refractivity contribution in [3.63, 3.8) is 0 Å². The lowest BCUT2D eigenvalue weighted by atomic mass is 10.2. The zero-order chi connectivity index (χ0) is 17.6. The molecule has 0 atom stereocenters. The summed E-state index contributed by atoms with van der Waals surface area (Å²) in [4.78, 5) is 38.9. The van der Waals surface area contributed by atoms with Crippen molar-refractivity contribution >= 4 is 23.6 Å². The second kappa shape index (κ2) is 8.01. The third-order valence-corrected chi connectivity index (χ3v) is 3.10. The number of aromatic nitrogens is 1. The molecule has 0 radical (unpaired) electrons. The molecule has 1 aromatic heterocycles. The molecule has 0 fully saturated rings. The highest BCUT2D eigenvalue weighted by molar-refractivity contribution is 6.30. The van der Waals surface area contributed by atoms with Crippen LogP contribution in [-0.2, 0) is 4.74 Å². The van der Waals surface area contributed by atoms with E-state index in [1.807, 2.05) is 6.92 Å². The second-order valence-corrected chi connectivity index (χ2v) is 6.29. The molecule has 7 nitrogen and oxygen atoms in total. The van der Waals surface area contributed by atoms with E-state index in [1.54, 1.807) is 20.8 Å². The highest BCUT2D eigenvalue weighted by Gasteiger charge is 2.21. The molecule has 0 saturated heterocycles. The molecule has 0 aliphatic carbocycles. The highest BCUT2D eigenvalue weighted by Crippen LogP contribution is 2.09. The van der Waals surface area contributed by atoms with Gasteiger partial charge in [-0.1, -0.05) is 11.6 Å². The highest BCUT2D eigenvalue weighted by atomic mass is 35.5. The van der Waals surface area contributed by atoms with Gasteiger partial charge < -0.3 is 19.9 Å². The van der Waals surface area contributed by atoms with Crippen LogP contribution in [0.4, 0.5) is 4.79 Å². The Hall–Kier alpha value is -2.02. The summed E-state index contributed by atoms with van der Waals surface area (Å²) in [5.41, 5.74) is -0.777. The number of hydrogen-bond acceptors (Lipinski definition) is 4. The molecule has 0 aliphatic heterocycles. The zero-order valence-corrected chi connectivity index (χ0v) is 14.5. The van der Waals surface area contributed by atoms with Crippen LogP contribution in [0.3, 0.4) is 0 Å². The van der Waals surface area contributed by atoms with Crippen molar-refractivity contribution in [2.24, 2.45) is 0 Å². The number of ether oxygens (including phenoxy) is 1. The Balaban J connectivity index is 2.53. The average Bonchev–Trinajstić information content (AvgIpc) is 2.44. The minimum absolute atomic E-state index is 0.0541. The minimum Gasteiger partial charge on any atom is -0.444 e. The second-order valence-electron chi connectivity index (χ2n) is 5.88. The van der Waals surface area contributed by atoms with Gasteiger partial charge in [0.2, 0.25) is 0 Å². The maximum atomic E-state index is 12.0. The number of halogens is 1. The quantitative estimate of drug-likeness (QED) is 0.855. The fraction of sp³-hybridized carbons (Fsp3) is 0.533. The zero-order valence-electron chi connectivity index (χ0n) is 13.7. The number of carbonyl (C=O) groups excluding carboxylic acids is 2. The molecule has 0 saturated carbocycles. The number of hydrogen-bond donors (Lipinski definition) is 2. The summed E-state index contributed by atoms with van der Waals surface area (Å²) in [7, 11) is 0. The van der Waals surface area contributed by atoms with Gasteiger partial charge in [0.1, 0.15) is 10.6 Å². The van der Waals surface area contributed by atoms with E-state index in [0.717, 1.165) is 0 Å². The van der Waals surface area contributed by atoms with Gasteiger partial charge in [-0.2, -0.15) is 0 Å². The molecule has 0 spiro atoms. The molecule has 0 aromatic carbocycles. The maximum absolute atomic E-state index is 12.0. The largest absolute Gasteiger partial charge is 0.444 e. The number of aromatic amines is 1. The van der Waals surface area contributed by atoms with Crippen LogP contribution < -0.4 is 10.9 Å². The van der Waals surface area contributed by atoms with Crippen molar-refractivity contribution in [1.82, 2.24) is 15.2 Å². The minimum atomic E-state index is -0.569. The summed E-state index contributed by atoms with van der Waals surface area (Å²) in [6, 6.07) is 1.29. The summed E-state index contributed by atoms with van der Waals surface area (Å²) in [6.07, 6.45) is 0.857. The van der Waals surface area contributed by atoms with Crippen LogP contribution in [0.2, 0.25) is 5.02 Å². The van der Waals surface area contributed by atoms with Gasteiger partial charge in [-0.05, 0) is 33.8 Å². The number of pyridine rings is 1. The molecule has 8 heteroatoms. The first kappa shape index (κ1) is 19.0. The van der Waals surface area contributed by atoms with E-state index in [4.69, 9.17) is 16.3 Å². The smallest absolute Gasteiger partial charge is 0.410 e. The maximum Gasteiger partial charge on any atom is 0.410 e. The van der Waals surface area contributed by atoms with Crippen molar-refractivity contribution in [2.75, 3.05) is 19.6 Å². The van der Waals surface area contributed by atoms with Gasteiger partial charge in [0.05, 0.1) is 5.56 Å². The number of amides is 2. The third kappa shape index (κ3) is 6.32. The van der Waals surface area contributed by atoms with Gasteiger partial charge in [-0.25, -0.2) is 4.79 Å². The summed E-state index contributed by atoms with van der Waals surface area (Å²) < 4.78 is 5.28. The summed E-state index contributed by atoms with van der Waals surface area (Å²) in [5.74, 6) is -0.386. The summed E-state index contributed by atoms with van der Waals surface area (Å²) >= 11 is 5.67. The molecule has 2 N–H and O–H groups in total. The number of H-pyrrole nitrogens is 1. The number of rotatable bonds is 5. The van der Waals surface area contributed by atoms with Crippen LogP contribution in [0.5, 0.6) is 0 Å². The summed E-state index contributed by atoms with van der Waals surface area (Å²) in [5, 5.41) is 2.60. The number of nitrogens with zero attached hydrogens (tertiary/aromatic N) is 1. The van der Waals surface area contributed by atoms with Gasteiger partial charge in [0.25, 0.3) is 11.5 Å². The molecular formula is C15H22ClN3O4. The molecule has 0 unspecified atom stereocenters. The van der Waals surface area contributed by atoms with Crippen molar-refractivity contribution in [3.8, 4) is 0 Å². The van der Waals surface area contributed by atoms with Gasteiger partial charge in [-0.3, -0.25) is 9.59 Å². The predicted molar refractivity (Wildman–Crippen MR) is 87.9 cm³/mol. The van der Waals surface area contributed by atoms with Crippen LogP contribution in [-0.4, -0.2) is 47.1 Å². The first-order valence-corrected chi connectivity index (χ1v) is 7.66. The number of nitrogens with one attached hydrogen (secondary N) is 2. The van der Waals surface area contributed by atoms with E-state index in [1.165, 1.54) is 17.2 Å². The van der Waals surface area contributed by atoms with Gasteiger partial charge in [0, 0.05) is 25.8 Å².